The SMILES string of the molecule is CC(C)(C)C1=CC2=CC(c3ccc4c(c3)N(c3c(-c5ccccc5)cc(C(C)(C)C)cc3-c3ccccc3)c3cc(C(C)(C)C)cc5c3B4c3cc(-c4ccccc4)ccc3N5c3c(-c4ccccc4)cc(C(C)(C)C)cc3-c3ccccc3)=C3C=C(C(C)(C)C)CC4C=CC(=C1)C2C34. The van der Waals surface area contributed by atoms with E-state index >= 15 is 0 Å². The molecule has 99 heavy (non-hydrogen) atoms. The fraction of sp³-hybridized carbons (Fsp3) is 0.250. The van der Waals surface area contributed by atoms with Gasteiger partial charge in [0.1, 0.15) is 0 Å². The molecule has 3 unspecified atom stereocenters. The molecule has 2 aliphatic heterocycles. The highest BCUT2D eigenvalue weighted by molar-refractivity contribution is 7.00. The van der Waals surface area contributed by atoms with Crippen LogP contribution >= 0.6 is 0 Å². The predicted octanol–water partition coefficient (Wildman–Crippen LogP) is 24.4. The van der Waals surface area contributed by atoms with Gasteiger partial charge in [0.2, 0.25) is 0 Å². The van der Waals surface area contributed by atoms with Crippen LogP contribution in [0.2, 0.25) is 0 Å². The summed E-state index contributed by atoms with van der Waals surface area (Å²) in [5.41, 5.74) is 36.0. The summed E-state index contributed by atoms with van der Waals surface area (Å²) in [6.07, 6.45) is 16.6. The van der Waals surface area contributed by atoms with Gasteiger partial charge in [-0.05, 0) is 188 Å². The number of rotatable bonds is 8. The van der Waals surface area contributed by atoms with Crippen molar-refractivity contribution in [2.45, 2.75) is 127 Å². The molecule has 2 nitrogen and oxygen atoms in total. The molecule has 3 heteroatoms. The first kappa shape index (κ1) is 64.0. The van der Waals surface area contributed by atoms with Crippen LogP contribution in [0.4, 0.5) is 34.1 Å². The van der Waals surface area contributed by atoms with Gasteiger partial charge in [-0.3, -0.25) is 0 Å². The molecule has 0 fully saturated rings. The molecule has 10 aromatic carbocycles. The van der Waals surface area contributed by atoms with Crippen molar-refractivity contribution >= 4 is 62.8 Å². The van der Waals surface area contributed by atoms with E-state index in [4.69, 9.17) is 0 Å². The minimum Gasteiger partial charge on any atom is -0.310 e. The van der Waals surface area contributed by atoms with Gasteiger partial charge in [0.15, 0.2) is 0 Å². The van der Waals surface area contributed by atoms with E-state index in [2.05, 4.69) is 375 Å². The molecule has 16 rings (SSSR count). The van der Waals surface area contributed by atoms with E-state index in [-0.39, 0.29) is 33.8 Å². The summed E-state index contributed by atoms with van der Waals surface area (Å²) in [4.78, 5) is 5.51. The Hall–Kier alpha value is -9.70. The van der Waals surface area contributed by atoms with Gasteiger partial charge in [-0.2, -0.15) is 0 Å². The average Bonchev–Trinajstić information content (AvgIpc) is 0.691. The second-order valence-electron chi connectivity index (χ2n) is 34.2. The molecule has 490 valence electrons. The molecular weight excluding hydrogens is 1190 g/mol. The van der Waals surface area contributed by atoms with E-state index in [1.165, 1.54) is 162 Å². The van der Waals surface area contributed by atoms with Gasteiger partial charge in [-0.25, -0.2) is 0 Å². The highest BCUT2D eigenvalue weighted by Gasteiger charge is 2.49. The lowest BCUT2D eigenvalue weighted by Crippen LogP contribution is -2.61. The lowest BCUT2D eigenvalue weighted by molar-refractivity contribution is 0.329. The molecule has 0 bridgehead atoms. The minimum atomic E-state index is -0.285. The summed E-state index contributed by atoms with van der Waals surface area (Å²) in [5.74, 6) is 1.00. The van der Waals surface area contributed by atoms with Crippen LogP contribution in [-0.2, 0) is 16.2 Å². The number of hydrogen-bond donors (Lipinski definition) is 0. The number of hydrogen-bond acceptors (Lipinski definition) is 2. The van der Waals surface area contributed by atoms with Gasteiger partial charge in [0.25, 0.3) is 6.71 Å². The van der Waals surface area contributed by atoms with Crippen LogP contribution in [0.5, 0.6) is 0 Å². The summed E-state index contributed by atoms with van der Waals surface area (Å²) in [6.45, 7) is 35.7. The number of allylic oxidation sites excluding steroid dienone is 12. The molecule has 0 radical (unpaired) electrons. The van der Waals surface area contributed by atoms with Crippen molar-refractivity contribution in [3.05, 3.63) is 311 Å². The third kappa shape index (κ3) is 11.1. The van der Waals surface area contributed by atoms with Crippen molar-refractivity contribution in [3.8, 4) is 55.6 Å². The van der Waals surface area contributed by atoms with Crippen LogP contribution in [0.25, 0.3) is 61.2 Å². The Morgan fingerprint density at radius 1 is 0.343 bits per heavy atom. The van der Waals surface area contributed by atoms with Crippen molar-refractivity contribution in [3.63, 3.8) is 0 Å². The lowest BCUT2D eigenvalue weighted by Gasteiger charge is -2.48. The van der Waals surface area contributed by atoms with Crippen molar-refractivity contribution in [2.75, 3.05) is 9.80 Å². The van der Waals surface area contributed by atoms with Gasteiger partial charge >= 0.3 is 0 Å². The Bertz CT molecular complexity index is 4970. The Morgan fingerprint density at radius 2 is 0.788 bits per heavy atom. The standard InChI is InChI=1S/C96H93BN2/c1-92(2,3)70-47-67-41-42-68-48-71(93(4,5)6)57-80-75(50-69(49-70)87(67)88(68)80)66-43-45-81-84(52-66)99(91-78(63-37-27-19-28-38-63)55-73(95(10,11)12)56-79(91)64-39-29-20-30-40-64)86-59-74(96(13,14)15)58-85-89(86)97(81)82-51-65(60-31-21-16-22-32-60)44-46-83(82)98(85)90-76(61-33-23-17-24-34-61)53-72(94(7,8)9)54-77(90)62-35-25-18-26-36-62/h16-47,49-59,68,87-88H,48H2,1-15H3. The average molecular weight is 1290 g/mol. The molecule has 0 amide bonds. The summed E-state index contributed by atoms with van der Waals surface area (Å²) in [6, 6.07) is 86.6. The Labute approximate surface area is 590 Å². The third-order valence-electron chi connectivity index (χ3n) is 22.4. The second kappa shape index (κ2) is 23.5. The molecule has 6 aliphatic rings. The topological polar surface area (TPSA) is 6.48 Å². The molecule has 0 N–H and O–H groups in total. The van der Waals surface area contributed by atoms with E-state index in [9.17, 15) is 0 Å². The maximum Gasteiger partial charge on any atom is 0.252 e. The maximum atomic E-state index is 2.79. The highest BCUT2D eigenvalue weighted by atomic mass is 15.2. The van der Waals surface area contributed by atoms with Gasteiger partial charge < -0.3 is 9.80 Å². The van der Waals surface area contributed by atoms with Crippen molar-refractivity contribution < 1.29 is 0 Å². The predicted molar refractivity (Wildman–Crippen MR) is 426 cm³/mol. The molecular formula is C96H93BN2. The van der Waals surface area contributed by atoms with Crippen LogP contribution < -0.4 is 26.2 Å². The fourth-order valence-corrected chi connectivity index (χ4v) is 16.8. The summed E-state index contributed by atoms with van der Waals surface area (Å²) < 4.78 is 0. The first-order chi connectivity index (χ1) is 47.3. The van der Waals surface area contributed by atoms with E-state index in [1.807, 2.05) is 0 Å². The Kier molecular flexibility index (Phi) is 15.2. The van der Waals surface area contributed by atoms with Crippen molar-refractivity contribution in [1.29, 1.82) is 0 Å². The number of benzene rings is 10. The number of anilines is 6. The van der Waals surface area contributed by atoms with Crippen LogP contribution in [0.1, 0.15) is 133 Å². The minimum absolute atomic E-state index is 0.00182. The van der Waals surface area contributed by atoms with E-state index in [1.54, 1.807) is 0 Å². The first-order valence-electron chi connectivity index (χ1n) is 36.3. The Balaban J connectivity index is 1.09. The number of nitrogens with zero attached hydrogens (tertiary/aromatic N) is 2. The molecule has 0 saturated heterocycles. The fourth-order valence-electron chi connectivity index (χ4n) is 16.8. The van der Waals surface area contributed by atoms with E-state index < -0.39 is 0 Å². The Morgan fingerprint density at radius 3 is 1.24 bits per heavy atom. The molecule has 0 aromatic heterocycles. The second-order valence-corrected chi connectivity index (χ2v) is 34.2. The summed E-state index contributed by atoms with van der Waals surface area (Å²) >= 11 is 0. The molecule has 10 aromatic rings. The maximum absolute atomic E-state index is 2.79. The van der Waals surface area contributed by atoms with Crippen LogP contribution in [-0.4, -0.2) is 6.71 Å². The molecule has 0 spiro atoms. The zero-order chi connectivity index (χ0) is 68.8. The molecule has 0 saturated carbocycles. The molecule has 3 atom stereocenters. The van der Waals surface area contributed by atoms with Crippen LogP contribution in [0.3, 0.4) is 0 Å². The lowest BCUT2D eigenvalue weighted by atomic mass is 9.33. The van der Waals surface area contributed by atoms with Gasteiger partial charge in [0, 0.05) is 56.8 Å². The highest BCUT2D eigenvalue weighted by Crippen LogP contribution is 2.59. The van der Waals surface area contributed by atoms with Crippen LogP contribution in [0.15, 0.2) is 289 Å². The summed E-state index contributed by atoms with van der Waals surface area (Å²) in [5, 5.41) is 0. The van der Waals surface area contributed by atoms with Gasteiger partial charge in [-0.15, -0.1) is 0 Å². The van der Waals surface area contributed by atoms with Gasteiger partial charge in [-0.1, -0.05) is 322 Å². The van der Waals surface area contributed by atoms with E-state index in [0.29, 0.717) is 17.8 Å². The zero-order valence-electron chi connectivity index (χ0n) is 60.7. The van der Waals surface area contributed by atoms with Crippen molar-refractivity contribution in [2.24, 2.45) is 28.6 Å². The first-order valence-corrected chi connectivity index (χ1v) is 36.3. The van der Waals surface area contributed by atoms with E-state index in [0.717, 1.165) is 6.42 Å². The summed E-state index contributed by atoms with van der Waals surface area (Å²) in [7, 11) is 0. The number of fused-ring (bicyclic) bond motifs is 4. The molecule has 4 aliphatic carbocycles. The monoisotopic (exact) mass is 1280 g/mol. The normalized spacial score (nSPS) is 17.8. The van der Waals surface area contributed by atoms with Gasteiger partial charge in [0.05, 0.1) is 11.4 Å². The zero-order valence-corrected chi connectivity index (χ0v) is 60.7. The smallest absolute Gasteiger partial charge is 0.252 e. The quantitative estimate of drug-likeness (QED) is 0.140. The van der Waals surface area contributed by atoms with Crippen molar-refractivity contribution in [1.82, 2.24) is 0 Å². The van der Waals surface area contributed by atoms with Crippen LogP contribution in [0, 0.1) is 28.6 Å². The largest absolute Gasteiger partial charge is 0.310 e. The molecule has 2 heterocycles. The third-order valence-corrected chi connectivity index (χ3v) is 22.4.